The van der Waals surface area contributed by atoms with Crippen LogP contribution in [0.3, 0.4) is 0 Å². The van der Waals surface area contributed by atoms with E-state index in [1.807, 2.05) is 37.4 Å². The number of rotatable bonds is 5. The largest absolute Gasteiger partial charge is 0.361 e. The molecule has 3 aromatic rings. The molecule has 0 saturated heterocycles. The molecule has 0 spiro atoms. The minimum atomic E-state index is -0.131. The lowest BCUT2D eigenvalue weighted by atomic mass is 10.1. The van der Waals surface area contributed by atoms with Gasteiger partial charge in [-0.2, -0.15) is 0 Å². The van der Waals surface area contributed by atoms with Crippen molar-refractivity contribution in [2.75, 3.05) is 6.54 Å². The Hall–Kier alpha value is -2.75. The van der Waals surface area contributed by atoms with Crippen LogP contribution in [0, 0.1) is 13.8 Å². The van der Waals surface area contributed by atoms with Crippen LogP contribution >= 0.6 is 0 Å². The number of hydrogen-bond donors (Lipinski definition) is 3. The van der Waals surface area contributed by atoms with Crippen molar-refractivity contribution in [3.05, 3.63) is 70.9 Å². The number of hydrogen-bond acceptors (Lipinski definition) is 1. The smallest absolute Gasteiger partial charge is 0.315 e. The highest BCUT2D eigenvalue weighted by Crippen LogP contribution is 2.19. The number of aromatic amines is 1. The van der Waals surface area contributed by atoms with Crippen molar-refractivity contribution in [1.82, 2.24) is 15.6 Å². The number of carbonyl (C=O) groups is 1. The SMILES string of the molecule is Cc1ccc2c(CCNC(=O)NCc3ccccc3C)c[nH]c2c1. The lowest BCUT2D eigenvalue weighted by Crippen LogP contribution is -2.36. The van der Waals surface area contributed by atoms with Crippen molar-refractivity contribution in [1.29, 1.82) is 0 Å². The van der Waals surface area contributed by atoms with E-state index in [0.717, 1.165) is 17.5 Å². The van der Waals surface area contributed by atoms with Gasteiger partial charge in [-0.15, -0.1) is 0 Å². The van der Waals surface area contributed by atoms with Gasteiger partial charge in [-0.25, -0.2) is 4.79 Å². The van der Waals surface area contributed by atoms with Gasteiger partial charge in [0, 0.05) is 30.2 Å². The van der Waals surface area contributed by atoms with Crippen molar-refractivity contribution in [2.45, 2.75) is 26.8 Å². The Kier molecular flexibility index (Phi) is 4.85. The molecule has 3 rings (SSSR count). The molecule has 124 valence electrons. The molecular formula is C20H23N3O. The first kappa shape index (κ1) is 16.1. The summed E-state index contributed by atoms with van der Waals surface area (Å²) in [5.41, 5.74) is 5.94. The fourth-order valence-electron chi connectivity index (χ4n) is 2.86. The van der Waals surface area contributed by atoms with E-state index in [-0.39, 0.29) is 6.03 Å². The maximum absolute atomic E-state index is 11.9. The lowest BCUT2D eigenvalue weighted by molar-refractivity contribution is 0.240. The molecule has 0 aliphatic carbocycles. The summed E-state index contributed by atoms with van der Waals surface area (Å²) in [5.74, 6) is 0. The molecule has 4 heteroatoms. The van der Waals surface area contributed by atoms with Crippen LogP contribution in [0.2, 0.25) is 0 Å². The predicted molar refractivity (Wildman–Crippen MR) is 98.2 cm³/mol. The Morgan fingerprint density at radius 1 is 1.04 bits per heavy atom. The van der Waals surface area contributed by atoms with Gasteiger partial charge in [0.2, 0.25) is 0 Å². The van der Waals surface area contributed by atoms with Crippen LogP contribution in [0.15, 0.2) is 48.7 Å². The average molecular weight is 321 g/mol. The van der Waals surface area contributed by atoms with Gasteiger partial charge >= 0.3 is 6.03 Å². The van der Waals surface area contributed by atoms with E-state index >= 15 is 0 Å². The molecule has 24 heavy (non-hydrogen) atoms. The minimum Gasteiger partial charge on any atom is -0.361 e. The number of benzene rings is 2. The highest BCUT2D eigenvalue weighted by atomic mass is 16.2. The zero-order valence-electron chi connectivity index (χ0n) is 14.1. The normalized spacial score (nSPS) is 10.8. The van der Waals surface area contributed by atoms with Gasteiger partial charge in [-0.05, 0) is 48.6 Å². The second-order valence-corrected chi connectivity index (χ2v) is 6.15. The number of H-pyrrole nitrogens is 1. The number of nitrogens with one attached hydrogen (secondary N) is 3. The average Bonchev–Trinajstić information content (AvgIpc) is 2.96. The second kappa shape index (κ2) is 7.21. The Morgan fingerprint density at radius 2 is 1.88 bits per heavy atom. The highest BCUT2D eigenvalue weighted by molar-refractivity contribution is 5.83. The molecule has 0 aliphatic heterocycles. The summed E-state index contributed by atoms with van der Waals surface area (Å²) in [6.45, 7) is 5.29. The third-order valence-electron chi connectivity index (χ3n) is 4.30. The van der Waals surface area contributed by atoms with Crippen molar-refractivity contribution in [3.63, 3.8) is 0 Å². The van der Waals surface area contributed by atoms with Crippen LogP contribution in [0.25, 0.3) is 10.9 Å². The summed E-state index contributed by atoms with van der Waals surface area (Å²) in [6, 6.07) is 14.3. The number of amides is 2. The quantitative estimate of drug-likeness (QED) is 0.657. The maximum atomic E-state index is 11.9. The molecule has 0 bridgehead atoms. The number of urea groups is 1. The molecule has 0 fully saturated rings. The zero-order chi connectivity index (χ0) is 16.9. The number of aryl methyl sites for hydroxylation is 2. The van der Waals surface area contributed by atoms with Crippen LogP contribution in [-0.2, 0) is 13.0 Å². The molecule has 4 nitrogen and oxygen atoms in total. The van der Waals surface area contributed by atoms with Crippen LogP contribution in [0.5, 0.6) is 0 Å². The Bertz CT molecular complexity index is 851. The van der Waals surface area contributed by atoms with E-state index in [9.17, 15) is 4.79 Å². The van der Waals surface area contributed by atoms with Crippen LogP contribution in [0.1, 0.15) is 22.3 Å². The number of carbonyl (C=O) groups excluding carboxylic acids is 1. The predicted octanol–water partition coefficient (Wildman–Crippen LogP) is 3.83. The summed E-state index contributed by atoms with van der Waals surface area (Å²) in [6.07, 6.45) is 2.83. The summed E-state index contributed by atoms with van der Waals surface area (Å²) in [5, 5.41) is 7.05. The van der Waals surface area contributed by atoms with E-state index < -0.39 is 0 Å². The first-order valence-electron chi connectivity index (χ1n) is 8.26. The minimum absolute atomic E-state index is 0.131. The highest BCUT2D eigenvalue weighted by Gasteiger charge is 2.05. The van der Waals surface area contributed by atoms with E-state index in [2.05, 4.69) is 40.7 Å². The summed E-state index contributed by atoms with van der Waals surface area (Å²) in [4.78, 5) is 15.2. The first-order chi connectivity index (χ1) is 11.6. The zero-order valence-corrected chi connectivity index (χ0v) is 14.1. The molecule has 3 N–H and O–H groups in total. The van der Waals surface area contributed by atoms with Gasteiger partial charge in [0.1, 0.15) is 0 Å². The molecule has 0 aliphatic rings. The molecule has 1 heterocycles. The van der Waals surface area contributed by atoms with E-state index in [4.69, 9.17) is 0 Å². The van der Waals surface area contributed by atoms with E-state index in [1.54, 1.807) is 0 Å². The fraction of sp³-hybridized carbons (Fsp3) is 0.250. The van der Waals surface area contributed by atoms with Crippen LogP contribution in [-0.4, -0.2) is 17.6 Å². The Labute approximate surface area is 142 Å². The molecular weight excluding hydrogens is 298 g/mol. The maximum Gasteiger partial charge on any atom is 0.315 e. The summed E-state index contributed by atoms with van der Waals surface area (Å²) < 4.78 is 0. The molecule has 0 radical (unpaired) electrons. The number of fused-ring (bicyclic) bond motifs is 1. The fourth-order valence-corrected chi connectivity index (χ4v) is 2.86. The van der Waals surface area contributed by atoms with Crippen molar-refractivity contribution >= 4 is 16.9 Å². The lowest BCUT2D eigenvalue weighted by Gasteiger charge is -2.09. The van der Waals surface area contributed by atoms with Gasteiger partial charge in [0.05, 0.1) is 0 Å². The van der Waals surface area contributed by atoms with Crippen LogP contribution in [0.4, 0.5) is 4.79 Å². The Balaban J connectivity index is 1.49. The van der Waals surface area contributed by atoms with E-state index in [1.165, 1.54) is 22.1 Å². The monoisotopic (exact) mass is 321 g/mol. The molecule has 0 unspecified atom stereocenters. The molecule has 0 saturated carbocycles. The molecule has 1 aromatic heterocycles. The molecule has 2 aromatic carbocycles. The van der Waals surface area contributed by atoms with E-state index in [0.29, 0.717) is 13.1 Å². The summed E-state index contributed by atoms with van der Waals surface area (Å²) >= 11 is 0. The first-order valence-corrected chi connectivity index (χ1v) is 8.26. The third-order valence-corrected chi connectivity index (χ3v) is 4.30. The Morgan fingerprint density at radius 3 is 2.71 bits per heavy atom. The van der Waals surface area contributed by atoms with Crippen molar-refractivity contribution < 1.29 is 4.79 Å². The van der Waals surface area contributed by atoms with Crippen molar-refractivity contribution in [2.24, 2.45) is 0 Å². The van der Waals surface area contributed by atoms with Crippen molar-refractivity contribution in [3.8, 4) is 0 Å². The van der Waals surface area contributed by atoms with Gasteiger partial charge in [-0.3, -0.25) is 0 Å². The number of aromatic nitrogens is 1. The third kappa shape index (κ3) is 3.77. The molecule has 2 amide bonds. The van der Waals surface area contributed by atoms with Gasteiger partial charge < -0.3 is 15.6 Å². The topological polar surface area (TPSA) is 56.9 Å². The molecule has 0 atom stereocenters. The van der Waals surface area contributed by atoms with Gasteiger partial charge in [-0.1, -0.05) is 36.4 Å². The van der Waals surface area contributed by atoms with Gasteiger partial charge in [0.25, 0.3) is 0 Å². The van der Waals surface area contributed by atoms with Crippen LogP contribution < -0.4 is 10.6 Å². The van der Waals surface area contributed by atoms with Gasteiger partial charge in [0.15, 0.2) is 0 Å². The second-order valence-electron chi connectivity index (χ2n) is 6.15. The summed E-state index contributed by atoms with van der Waals surface area (Å²) in [7, 11) is 0. The standard InChI is InChI=1S/C20H23N3O/c1-14-7-8-18-17(13-22-19(18)11-14)9-10-21-20(24)23-12-16-6-4-3-5-15(16)2/h3-8,11,13,22H,9-10,12H2,1-2H3,(H2,21,23,24).